The number of ketones is 1. The van der Waals surface area contributed by atoms with E-state index in [2.05, 4.69) is 6.07 Å². The minimum absolute atomic E-state index is 0.0556. The largest absolute Gasteiger partial charge is 0.497 e. The van der Waals surface area contributed by atoms with Crippen LogP contribution in [0.3, 0.4) is 0 Å². The fraction of sp³-hybridized carbons (Fsp3) is 0.261. The summed E-state index contributed by atoms with van der Waals surface area (Å²) in [6.07, 6.45) is 4.63. The van der Waals surface area contributed by atoms with E-state index in [9.17, 15) is 9.59 Å². The number of benzene rings is 2. The number of hydrogen-bond donors (Lipinski definition) is 0. The molecule has 3 rings (SSSR count). The van der Waals surface area contributed by atoms with E-state index >= 15 is 0 Å². The molecule has 1 heterocycles. The number of likely N-dealkylation sites (tertiary alicyclic amines) is 1. The smallest absolute Gasteiger partial charge is 0.246 e. The van der Waals surface area contributed by atoms with Crippen molar-refractivity contribution >= 4 is 17.8 Å². The molecule has 1 amide bonds. The van der Waals surface area contributed by atoms with Crippen LogP contribution in [0, 0.1) is 17.2 Å². The van der Waals surface area contributed by atoms with Crippen LogP contribution in [0.4, 0.5) is 0 Å². The summed E-state index contributed by atoms with van der Waals surface area (Å²) < 4.78 is 5.13. The highest BCUT2D eigenvalue weighted by atomic mass is 16.5. The summed E-state index contributed by atoms with van der Waals surface area (Å²) in [4.78, 5) is 26.8. The first-order chi connectivity index (χ1) is 13.6. The zero-order valence-corrected chi connectivity index (χ0v) is 15.8. The number of nitrogens with zero attached hydrogens (tertiary/aromatic N) is 2. The van der Waals surface area contributed by atoms with Crippen molar-refractivity contribution in [3.05, 3.63) is 71.3 Å². The van der Waals surface area contributed by atoms with E-state index in [1.807, 2.05) is 12.1 Å². The predicted octanol–water partition coefficient (Wildman–Crippen LogP) is 3.70. The van der Waals surface area contributed by atoms with E-state index in [-0.39, 0.29) is 17.6 Å². The molecule has 1 aliphatic heterocycles. The molecule has 1 saturated heterocycles. The molecule has 142 valence electrons. The Bertz CT molecular complexity index is 900. The molecule has 0 saturated carbocycles. The first-order valence-electron chi connectivity index (χ1n) is 9.26. The van der Waals surface area contributed by atoms with E-state index in [4.69, 9.17) is 10.00 Å². The van der Waals surface area contributed by atoms with Crippen LogP contribution in [-0.2, 0) is 4.79 Å². The molecule has 0 N–H and O–H groups in total. The normalized spacial score (nSPS) is 14.6. The Hall–Kier alpha value is -3.39. The second-order valence-electron chi connectivity index (χ2n) is 6.76. The number of hydrogen-bond acceptors (Lipinski definition) is 4. The van der Waals surface area contributed by atoms with Crippen molar-refractivity contribution in [2.45, 2.75) is 12.8 Å². The van der Waals surface area contributed by atoms with Crippen LogP contribution >= 0.6 is 0 Å². The predicted molar refractivity (Wildman–Crippen MR) is 107 cm³/mol. The van der Waals surface area contributed by atoms with Crippen LogP contribution in [0.5, 0.6) is 5.75 Å². The van der Waals surface area contributed by atoms with Gasteiger partial charge in [0.15, 0.2) is 5.78 Å². The van der Waals surface area contributed by atoms with E-state index in [0.29, 0.717) is 37.1 Å². The molecule has 5 heteroatoms. The lowest BCUT2D eigenvalue weighted by Gasteiger charge is -2.30. The van der Waals surface area contributed by atoms with Gasteiger partial charge >= 0.3 is 0 Å². The van der Waals surface area contributed by atoms with Crippen molar-refractivity contribution in [3.8, 4) is 11.8 Å². The maximum Gasteiger partial charge on any atom is 0.246 e. The summed E-state index contributed by atoms with van der Waals surface area (Å²) in [6, 6.07) is 16.3. The monoisotopic (exact) mass is 374 g/mol. The Morgan fingerprint density at radius 3 is 2.29 bits per heavy atom. The van der Waals surface area contributed by atoms with Crippen LogP contribution in [0.15, 0.2) is 54.6 Å². The molecule has 0 atom stereocenters. The molecule has 0 unspecified atom stereocenters. The van der Waals surface area contributed by atoms with Crippen molar-refractivity contribution in [2.24, 2.45) is 5.92 Å². The highest BCUT2D eigenvalue weighted by Crippen LogP contribution is 2.23. The summed E-state index contributed by atoms with van der Waals surface area (Å²) in [7, 11) is 1.60. The SMILES string of the molecule is COc1ccc(C(=O)C2CCN(C(=O)/C=C/c3ccc(C#N)cc3)CC2)cc1. The Morgan fingerprint density at radius 2 is 1.71 bits per heavy atom. The van der Waals surface area contributed by atoms with Gasteiger partial charge in [-0.15, -0.1) is 0 Å². The average Bonchev–Trinajstić information content (AvgIpc) is 2.77. The molecular formula is C23H22N2O3. The standard InChI is InChI=1S/C23H22N2O3/c1-28-21-9-7-19(8-10-21)23(27)20-12-14-25(15-13-20)22(26)11-6-17-2-4-18(16-24)5-3-17/h2-11,20H,12-15H2,1H3/b11-6+. The number of rotatable bonds is 5. The lowest BCUT2D eigenvalue weighted by atomic mass is 9.89. The number of carbonyl (C=O) groups is 2. The van der Waals surface area contributed by atoms with Crippen LogP contribution in [-0.4, -0.2) is 36.8 Å². The Morgan fingerprint density at radius 1 is 1.07 bits per heavy atom. The molecule has 2 aromatic carbocycles. The van der Waals surface area contributed by atoms with Crippen LogP contribution < -0.4 is 4.74 Å². The van der Waals surface area contributed by atoms with Gasteiger partial charge in [0.1, 0.15) is 5.75 Å². The van der Waals surface area contributed by atoms with Crippen LogP contribution in [0.1, 0.15) is 34.3 Å². The van der Waals surface area contributed by atoms with E-state index < -0.39 is 0 Å². The lowest BCUT2D eigenvalue weighted by Crippen LogP contribution is -2.39. The zero-order chi connectivity index (χ0) is 19.9. The molecule has 28 heavy (non-hydrogen) atoms. The van der Waals surface area contributed by atoms with Gasteiger partial charge in [0.2, 0.25) is 5.91 Å². The van der Waals surface area contributed by atoms with E-state index in [0.717, 1.165) is 11.3 Å². The molecule has 2 aromatic rings. The Kier molecular flexibility index (Phi) is 6.23. The summed E-state index contributed by atoms with van der Waals surface area (Å²) in [5, 5.41) is 8.82. The number of methoxy groups -OCH3 is 1. The first kappa shape index (κ1) is 19.4. The summed E-state index contributed by atoms with van der Waals surface area (Å²) in [5.41, 5.74) is 2.15. The highest BCUT2D eigenvalue weighted by molar-refractivity contribution is 5.98. The molecule has 0 aliphatic carbocycles. The molecule has 1 aliphatic rings. The maximum atomic E-state index is 12.7. The van der Waals surface area contributed by atoms with E-state index in [1.54, 1.807) is 60.6 Å². The molecule has 1 fully saturated rings. The van der Waals surface area contributed by atoms with Crippen LogP contribution in [0.2, 0.25) is 0 Å². The molecule has 0 radical (unpaired) electrons. The Balaban J connectivity index is 1.53. The number of nitriles is 1. The number of Topliss-reactive ketones (excluding diaryl/α,β-unsaturated/α-hetero) is 1. The molecule has 0 aromatic heterocycles. The van der Waals surface area contributed by atoms with Gasteiger partial charge < -0.3 is 9.64 Å². The fourth-order valence-electron chi connectivity index (χ4n) is 3.29. The maximum absolute atomic E-state index is 12.7. The minimum atomic E-state index is -0.0558. The van der Waals surface area contributed by atoms with Crippen molar-refractivity contribution < 1.29 is 14.3 Å². The Labute approximate surface area is 164 Å². The van der Waals surface area contributed by atoms with Crippen molar-refractivity contribution in [1.29, 1.82) is 5.26 Å². The van der Waals surface area contributed by atoms with Crippen molar-refractivity contribution in [2.75, 3.05) is 20.2 Å². The summed E-state index contributed by atoms with van der Waals surface area (Å²) in [6.45, 7) is 1.15. The van der Waals surface area contributed by atoms with Crippen molar-refractivity contribution in [1.82, 2.24) is 4.90 Å². The van der Waals surface area contributed by atoms with Gasteiger partial charge in [-0.1, -0.05) is 12.1 Å². The second kappa shape index (κ2) is 9.01. The second-order valence-corrected chi connectivity index (χ2v) is 6.76. The summed E-state index contributed by atoms with van der Waals surface area (Å²) in [5.74, 6) is 0.744. The quantitative estimate of drug-likeness (QED) is 0.591. The zero-order valence-electron chi connectivity index (χ0n) is 15.8. The molecule has 0 bridgehead atoms. The van der Waals surface area contributed by atoms with E-state index in [1.165, 1.54) is 0 Å². The van der Waals surface area contributed by atoms with Crippen LogP contribution in [0.25, 0.3) is 6.08 Å². The number of carbonyl (C=O) groups excluding carboxylic acids is 2. The van der Waals surface area contributed by atoms with Gasteiger partial charge in [-0.05, 0) is 60.9 Å². The van der Waals surface area contributed by atoms with Crippen molar-refractivity contribution in [3.63, 3.8) is 0 Å². The molecule has 0 spiro atoms. The number of piperidine rings is 1. The first-order valence-corrected chi connectivity index (χ1v) is 9.26. The molecular weight excluding hydrogens is 352 g/mol. The molecule has 5 nitrogen and oxygen atoms in total. The van der Waals surface area contributed by atoms with Gasteiger partial charge in [0.05, 0.1) is 18.7 Å². The van der Waals surface area contributed by atoms with Gasteiger partial charge in [-0.2, -0.15) is 5.26 Å². The minimum Gasteiger partial charge on any atom is -0.497 e. The third kappa shape index (κ3) is 4.66. The van der Waals surface area contributed by atoms with Gasteiger partial charge in [-0.3, -0.25) is 9.59 Å². The van der Waals surface area contributed by atoms with Gasteiger partial charge in [0.25, 0.3) is 0 Å². The third-order valence-electron chi connectivity index (χ3n) is 5.01. The number of ether oxygens (including phenoxy) is 1. The van der Waals surface area contributed by atoms with Gasteiger partial charge in [-0.25, -0.2) is 0 Å². The fourth-order valence-corrected chi connectivity index (χ4v) is 3.29. The summed E-state index contributed by atoms with van der Waals surface area (Å²) >= 11 is 0. The highest BCUT2D eigenvalue weighted by Gasteiger charge is 2.27. The third-order valence-corrected chi connectivity index (χ3v) is 5.01. The topological polar surface area (TPSA) is 70.4 Å². The van der Waals surface area contributed by atoms with Gasteiger partial charge in [0, 0.05) is 30.6 Å². The number of amides is 1. The lowest BCUT2D eigenvalue weighted by molar-refractivity contribution is -0.127. The average molecular weight is 374 g/mol.